The number of halogens is 1. The maximum absolute atomic E-state index is 12.3. The smallest absolute Gasteiger partial charge is 0.242 e. The molecule has 5 nitrogen and oxygen atoms in total. The normalized spacial score (nSPS) is 18.1. The zero-order chi connectivity index (χ0) is 15.5. The van der Waals surface area contributed by atoms with Gasteiger partial charge in [0.05, 0.1) is 16.2 Å². The van der Waals surface area contributed by atoms with Gasteiger partial charge in [-0.15, -0.1) is 0 Å². The van der Waals surface area contributed by atoms with Crippen molar-refractivity contribution in [1.29, 1.82) is 5.26 Å². The van der Waals surface area contributed by atoms with Gasteiger partial charge in [0.1, 0.15) is 11.0 Å². The summed E-state index contributed by atoms with van der Waals surface area (Å²) in [5, 5.41) is 19.5. The summed E-state index contributed by atoms with van der Waals surface area (Å²) in [6, 6.07) is 6.08. The van der Waals surface area contributed by atoms with E-state index in [2.05, 4.69) is 4.72 Å². The molecule has 21 heavy (non-hydrogen) atoms. The molecule has 0 bridgehead atoms. The maximum atomic E-state index is 12.3. The summed E-state index contributed by atoms with van der Waals surface area (Å²) in [6.07, 6.45) is 3.99. The molecule has 0 radical (unpaired) electrons. The highest BCUT2D eigenvalue weighted by atomic mass is 35.5. The fraction of sp³-hybridized carbons (Fsp3) is 0.500. The first kappa shape index (κ1) is 16.2. The summed E-state index contributed by atoms with van der Waals surface area (Å²) >= 11 is 5.85. The first-order chi connectivity index (χ1) is 9.88. The van der Waals surface area contributed by atoms with Crippen molar-refractivity contribution in [2.24, 2.45) is 0 Å². The number of sulfonamides is 1. The van der Waals surface area contributed by atoms with Crippen LogP contribution in [-0.2, 0) is 10.0 Å². The van der Waals surface area contributed by atoms with Gasteiger partial charge in [0.25, 0.3) is 0 Å². The Hall–Kier alpha value is -1.13. The van der Waals surface area contributed by atoms with E-state index in [1.807, 2.05) is 0 Å². The number of aliphatic hydroxyl groups is 1. The summed E-state index contributed by atoms with van der Waals surface area (Å²) < 4.78 is 27.0. The van der Waals surface area contributed by atoms with Crippen LogP contribution in [-0.4, -0.2) is 25.7 Å². The quantitative estimate of drug-likeness (QED) is 0.886. The highest BCUT2D eigenvalue weighted by molar-refractivity contribution is 7.89. The Morgan fingerprint density at radius 2 is 2.00 bits per heavy atom. The van der Waals surface area contributed by atoms with E-state index in [1.165, 1.54) is 18.2 Å². The van der Waals surface area contributed by atoms with Crippen molar-refractivity contribution < 1.29 is 13.5 Å². The standard InChI is InChI=1S/C14H17ClN2O3S/c15-12-5-4-6-13(11(12)9-16)21(19,20)17-10-14(18)7-2-1-3-8-14/h4-6,17-18H,1-3,7-8,10H2. The average molecular weight is 329 g/mol. The van der Waals surface area contributed by atoms with Crippen molar-refractivity contribution >= 4 is 21.6 Å². The van der Waals surface area contributed by atoms with Gasteiger partial charge in [0.15, 0.2) is 0 Å². The zero-order valence-electron chi connectivity index (χ0n) is 11.5. The number of nitriles is 1. The Morgan fingerprint density at radius 1 is 1.33 bits per heavy atom. The Bertz CT molecular complexity index is 661. The van der Waals surface area contributed by atoms with Gasteiger partial charge in [-0.3, -0.25) is 0 Å². The molecule has 1 fully saturated rings. The molecule has 0 saturated heterocycles. The monoisotopic (exact) mass is 328 g/mol. The second kappa shape index (κ2) is 6.32. The third-order valence-electron chi connectivity index (χ3n) is 3.75. The van der Waals surface area contributed by atoms with Crippen LogP contribution in [0.15, 0.2) is 23.1 Å². The van der Waals surface area contributed by atoms with Gasteiger partial charge in [-0.05, 0) is 25.0 Å². The Labute approximate surface area is 129 Å². The van der Waals surface area contributed by atoms with Gasteiger partial charge in [0.2, 0.25) is 10.0 Å². The lowest BCUT2D eigenvalue weighted by molar-refractivity contribution is 0.00945. The van der Waals surface area contributed by atoms with Gasteiger partial charge in [0, 0.05) is 6.54 Å². The molecular formula is C14H17ClN2O3S. The van der Waals surface area contributed by atoms with Gasteiger partial charge < -0.3 is 5.11 Å². The van der Waals surface area contributed by atoms with E-state index in [4.69, 9.17) is 16.9 Å². The van der Waals surface area contributed by atoms with Gasteiger partial charge in [-0.1, -0.05) is 36.9 Å². The zero-order valence-corrected chi connectivity index (χ0v) is 13.0. The third-order valence-corrected chi connectivity index (χ3v) is 5.51. The van der Waals surface area contributed by atoms with Crippen LogP contribution in [0.1, 0.15) is 37.7 Å². The van der Waals surface area contributed by atoms with Gasteiger partial charge in [-0.2, -0.15) is 5.26 Å². The van der Waals surface area contributed by atoms with Crippen molar-refractivity contribution in [3.63, 3.8) is 0 Å². The summed E-state index contributed by atoms with van der Waals surface area (Å²) in [6.45, 7) is -0.0489. The van der Waals surface area contributed by atoms with Crippen LogP contribution in [0.25, 0.3) is 0 Å². The van der Waals surface area contributed by atoms with Crippen LogP contribution in [0.2, 0.25) is 5.02 Å². The molecule has 1 aliphatic carbocycles. The van der Waals surface area contributed by atoms with Crippen LogP contribution in [0.5, 0.6) is 0 Å². The Kier molecular flexibility index (Phi) is 4.89. The Balaban J connectivity index is 2.20. The number of hydrogen-bond acceptors (Lipinski definition) is 4. The van der Waals surface area contributed by atoms with E-state index in [1.54, 1.807) is 6.07 Å². The molecule has 7 heteroatoms. The molecule has 0 atom stereocenters. The number of hydrogen-bond donors (Lipinski definition) is 2. The largest absolute Gasteiger partial charge is 0.389 e. The second-order valence-electron chi connectivity index (χ2n) is 5.33. The molecule has 2 N–H and O–H groups in total. The van der Waals surface area contributed by atoms with E-state index in [0.717, 1.165) is 19.3 Å². The van der Waals surface area contributed by atoms with Crippen molar-refractivity contribution in [1.82, 2.24) is 4.72 Å². The second-order valence-corrected chi connectivity index (χ2v) is 7.48. The lowest BCUT2D eigenvalue weighted by atomic mass is 9.85. The minimum atomic E-state index is -3.88. The average Bonchev–Trinajstić information content (AvgIpc) is 2.46. The predicted molar refractivity (Wildman–Crippen MR) is 79.4 cm³/mol. The molecule has 0 aromatic heterocycles. The van der Waals surface area contributed by atoms with E-state index in [0.29, 0.717) is 12.8 Å². The summed E-state index contributed by atoms with van der Waals surface area (Å²) in [5.74, 6) is 0. The van der Waals surface area contributed by atoms with E-state index in [9.17, 15) is 13.5 Å². The fourth-order valence-electron chi connectivity index (χ4n) is 2.53. The van der Waals surface area contributed by atoms with Gasteiger partial charge in [-0.25, -0.2) is 13.1 Å². The first-order valence-corrected chi connectivity index (χ1v) is 8.65. The Morgan fingerprint density at radius 3 is 2.62 bits per heavy atom. The summed E-state index contributed by atoms with van der Waals surface area (Å²) in [5.41, 5.74) is -1.08. The molecule has 1 aromatic carbocycles. The van der Waals surface area contributed by atoms with Crippen molar-refractivity contribution in [2.45, 2.75) is 42.6 Å². The van der Waals surface area contributed by atoms with Crippen LogP contribution < -0.4 is 4.72 Å². The molecule has 0 amide bonds. The first-order valence-electron chi connectivity index (χ1n) is 6.79. The third kappa shape index (κ3) is 3.74. The molecule has 0 aliphatic heterocycles. The number of nitrogens with zero attached hydrogens (tertiary/aromatic N) is 1. The van der Waals surface area contributed by atoms with E-state index < -0.39 is 15.6 Å². The molecule has 2 rings (SSSR count). The minimum Gasteiger partial charge on any atom is -0.389 e. The van der Waals surface area contributed by atoms with Crippen LogP contribution in [0.4, 0.5) is 0 Å². The summed E-state index contributed by atoms with van der Waals surface area (Å²) in [4.78, 5) is -0.156. The lowest BCUT2D eigenvalue weighted by Gasteiger charge is -2.32. The van der Waals surface area contributed by atoms with Crippen LogP contribution in [0.3, 0.4) is 0 Å². The molecular weight excluding hydrogens is 312 g/mol. The van der Waals surface area contributed by atoms with E-state index in [-0.39, 0.29) is 22.0 Å². The highest BCUT2D eigenvalue weighted by Crippen LogP contribution is 2.28. The number of rotatable bonds is 4. The molecule has 1 aromatic rings. The van der Waals surface area contributed by atoms with Crippen molar-refractivity contribution in [3.05, 3.63) is 28.8 Å². The lowest BCUT2D eigenvalue weighted by Crippen LogP contribution is -2.44. The number of nitrogens with one attached hydrogen (secondary N) is 1. The fourth-order valence-corrected chi connectivity index (χ4v) is 4.10. The maximum Gasteiger partial charge on any atom is 0.242 e. The number of benzene rings is 1. The molecule has 0 unspecified atom stereocenters. The van der Waals surface area contributed by atoms with Crippen molar-refractivity contribution in [2.75, 3.05) is 6.54 Å². The topological polar surface area (TPSA) is 90.2 Å². The van der Waals surface area contributed by atoms with Crippen LogP contribution in [0, 0.1) is 11.3 Å². The molecule has 1 saturated carbocycles. The molecule has 114 valence electrons. The predicted octanol–water partition coefficient (Wildman–Crippen LogP) is 2.19. The molecule has 0 spiro atoms. The van der Waals surface area contributed by atoms with Crippen LogP contribution >= 0.6 is 11.6 Å². The molecule has 0 heterocycles. The molecule has 1 aliphatic rings. The SMILES string of the molecule is N#Cc1c(Cl)cccc1S(=O)(=O)NCC1(O)CCCCC1. The highest BCUT2D eigenvalue weighted by Gasteiger charge is 2.31. The minimum absolute atomic E-state index is 0.0489. The van der Waals surface area contributed by atoms with Gasteiger partial charge >= 0.3 is 0 Å². The van der Waals surface area contributed by atoms with E-state index >= 15 is 0 Å². The van der Waals surface area contributed by atoms with Crippen molar-refractivity contribution in [3.8, 4) is 6.07 Å². The summed E-state index contributed by atoms with van der Waals surface area (Å²) in [7, 11) is -3.88.